The highest BCUT2D eigenvalue weighted by Crippen LogP contribution is 2.46. The van der Waals surface area contributed by atoms with Gasteiger partial charge in [0, 0.05) is 57.7 Å². The number of carbonyl (C=O) groups is 5. The van der Waals surface area contributed by atoms with Crippen LogP contribution in [0.3, 0.4) is 0 Å². The molecule has 4 aliphatic heterocycles. The van der Waals surface area contributed by atoms with Gasteiger partial charge in [0.2, 0.25) is 17.7 Å². The zero-order chi connectivity index (χ0) is 35.4. The molecular weight excluding hydrogens is 683 g/mol. The Kier molecular flexibility index (Phi) is 15.2. The van der Waals surface area contributed by atoms with Crippen molar-refractivity contribution in [2.75, 3.05) is 46.2 Å². The van der Waals surface area contributed by atoms with Crippen LogP contribution in [-0.2, 0) is 37.5 Å². The molecule has 7 amide bonds. The van der Waals surface area contributed by atoms with Crippen molar-refractivity contribution in [2.24, 2.45) is 5.92 Å². The van der Waals surface area contributed by atoms with E-state index in [-0.39, 0.29) is 49.5 Å². The number of ether oxygens (including phenoxy) is 2. The first kappa shape index (κ1) is 39.1. The highest BCUT2D eigenvalue weighted by atomic mass is 32.2. The van der Waals surface area contributed by atoms with E-state index in [0.717, 1.165) is 57.8 Å². The first-order valence-corrected chi connectivity index (χ1v) is 19.3. The summed E-state index contributed by atoms with van der Waals surface area (Å²) in [5.74, 6) is -0.765. The molecule has 4 fully saturated rings. The Morgan fingerprint density at radius 1 is 1.08 bits per heavy atom. The third-order valence-corrected chi connectivity index (χ3v) is 11.4. The second-order valence-electron chi connectivity index (χ2n) is 12.5. The number of hydrogen-bond acceptors (Lipinski definition) is 11. The van der Waals surface area contributed by atoms with Crippen molar-refractivity contribution in [1.29, 1.82) is 0 Å². The number of urea groups is 2. The second-order valence-corrected chi connectivity index (χ2v) is 15.2. The summed E-state index contributed by atoms with van der Waals surface area (Å²) in [5.41, 5.74) is 0. The number of fused-ring (bicyclic) bond motifs is 1. The minimum atomic E-state index is -4.33. The maximum Gasteiger partial charge on any atom is 0.472 e. The molecule has 4 rings (SSSR count). The van der Waals surface area contributed by atoms with Gasteiger partial charge < -0.3 is 35.6 Å². The van der Waals surface area contributed by atoms with E-state index in [0.29, 0.717) is 24.8 Å². The molecule has 4 aliphatic rings. The fraction of sp³-hybridized carbons (Fsp3) is 0.767. The normalized spacial score (nSPS) is 29.3. The van der Waals surface area contributed by atoms with Gasteiger partial charge in [0.1, 0.15) is 18.4 Å². The Hall–Kier alpha value is -2.73. The Labute approximate surface area is 290 Å². The number of amides is 7. The molecule has 49 heavy (non-hydrogen) atoms. The standard InChI is InChI=1S/C30H49N6O11PS/c1-44-17-22-21(47-48(42,43)45-2)15-26(46-22)36-16-19(28(39)35-30(36)41)11-12-25(38)32-14-8-4-3-7-13-31-24(37)10-6-5-9-23-27-20(18-49-23)33-29(40)34-27/h11-12,19-23,26-27H,3-10,13-18H2,1-2H3,(H,31,37)(H,32,38)(H,42,43)(H2,33,34,40)(H,35,39,41)/b12-11+. The van der Waals surface area contributed by atoms with E-state index >= 15 is 0 Å². The predicted molar refractivity (Wildman–Crippen MR) is 178 cm³/mol. The van der Waals surface area contributed by atoms with Gasteiger partial charge in [-0.2, -0.15) is 11.8 Å². The summed E-state index contributed by atoms with van der Waals surface area (Å²) in [6.07, 6.45) is 6.81. The summed E-state index contributed by atoms with van der Waals surface area (Å²) in [7, 11) is -1.87. The summed E-state index contributed by atoms with van der Waals surface area (Å²) in [4.78, 5) is 72.1. The highest BCUT2D eigenvalue weighted by molar-refractivity contribution is 8.00. The number of unbranched alkanes of at least 4 members (excludes halogenated alkanes) is 4. The van der Waals surface area contributed by atoms with Crippen molar-refractivity contribution in [3.8, 4) is 0 Å². The third-order valence-electron chi connectivity index (χ3n) is 8.87. The number of rotatable bonds is 20. The van der Waals surface area contributed by atoms with Gasteiger partial charge in [-0.05, 0) is 31.8 Å². The molecule has 8 atom stereocenters. The van der Waals surface area contributed by atoms with Gasteiger partial charge in [0.15, 0.2) is 0 Å². The van der Waals surface area contributed by atoms with Crippen LogP contribution in [0.25, 0.3) is 0 Å². The molecule has 0 spiro atoms. The quantitative estimate of drug-likeness (QED) is 0.0449. The largest absolute Gasteiger partial charge is 0.472 e. The smallest absolute Gasteiger partial charge is 0.382 e. The molecule has 4 heterocycles. The Bertz CT molecular complexity index is 1260. The van der Waals surface area contributed by atoms with E-state index in [9.17, 15) is 33.4 Å². The zero-order valence-electron chi connectivity index (χ0n) is 27.9. The third kappa shape index (κ3) is 11.9. The average molecular weight is 733 g/mol. The topological polar surface area (TPSA) is 223 Å². The van der Waals surface area contributed by atoms with Crippen LogP contribution in [0.1, 0.15) is 57.8 Å². The van der Waals surface area contributed by atoms with E-state index in [4.69, 9.17) is 14.0 Å². The van der Waals surface area contributed by atoms with E-state index in [2.05, 4.69) is 31.1 Å². The second kappa shape index (κ2) is 19.0. The Balaban J connectivity index is 1.05. The number of hydrogen-bond donors (Lipinski definition) is 6. The maximum absolute atomic E-state index is 12.6. The van der Waals surface area contributed by atoms with E-state index in [1.165, 1.54) is 24.2 Å². The fourth-order valence-corrected chi connectivity index (χ4v) is 8.44. The average Bonchev–Trinajstić information content (AvgIpc) is 3.74. The molecule has 0 saturated carbocycles. The molecule has 0 aromatic rings. The molecule has 0 aliphatic carbocycles. The molecule has 0 aromatic heterocycles. The summed E-state index contributed by atoms with van der Waals surface area (Å²) in [6.45, 7) is 1.02. The number of nitrogens with zero attached hydrogens (tertiary/aromatic N) is 1. The lowest BCUT2D eigenvalue weighted by atomic mass is 10.0. The van der Waals surface area contributed by atoms with Crippen LogP contribution < -0.4 is 26.6 Å². The molecule has 0 bridgehead atoms. The van der Waals surface area contributed by atoms with Gasteiger partial charge in [-0.25, -0.2) is 14.2 Å². The lowest BCUT2D eigenvalue weighted by molar-refractivity contribution is -0.127. The van der Waals surface area contributed by atoms with Gasteiger partial charge >= 0.3 is 19.9 Å². The molecule has 276 valence electrons. The van der Waals surface area contributed by atoms with Crippen molar-refractivity contribution in [1.82, 2.24) is 31.5 Å². The molecular formula is C30H49N6O11PS. The lowest BCUT2D eigenvalue weighted by Gasteiger charge is -2.34. The van der Waals surface area contributed by atoms with Gasteiger partial charge in [0.05, 0.1) is 24.6 Å². The van der Waals surface area contributed by atoms with E-state index < -0.39 is 44.1 Å². The van der Waals surface area contributed by atoms with Gasteiger partial charge in [-0.3, -0.25) is 33.6 Å². The van der Waals surface area contributed by atoms with Gasteiger partial charge in [-0.1, -0.05) is 25.3 Å². The monoisotopic (exact) mass is 732 g/mol. The maximum atomic E-state index is 12.6. The highest BCUT2D eigenvalue weighted by Gasteiger charge is 2.46. The number of nitrogens with one attached hydrogen (secondary N) is 5. The zero-order valence-corrected chi connectivity index (χ0v) is 29.6. The first-order chi connectivity index (χ1) is 23.5. The van der Waals surface area contributed by atoms with Crippen LogP contribution in [0.2, 0.25) is 0 Å². The minimum Gasteiger partial charge on any atom is -0.382 e. The van der Waals surface area contributed by atoms with Crippen molar-refractivity contribution < 1.29 is 52.0 Å². The number of thioether (sulfide) groups is 1. The summed E-state index contributed by atoms with van der Waals surface area (Å²) in [6, 6.07) is -0.354. The molecule has 8 unspecified atom stereocenters. The molecule has 4 saturated heterocycles. The van der Waals surface area contributed by atoms with Crippen LogP contribution in [-0.4, -0.2) is 122 Å². The molecule has 17 nitrogen and oxygen atoms in total. The van der Waals surface area contributed by atoms with Crippen molar-refractivity contribution in [3.05, 3.63) is 12.2 Å². The Morgan fingerprint density at radius 2 is 1.84 bits per heavy atom. The fourth-order valence-electron chi connectivity index (χ4n) is 6.24. The van der Waals surface area contributed by atoms with Crippen LogP contribution in [0.4, 0.5) is 9.59 Å². The van der Waals surface area contributed by atoms with Crippen LogP contribution >= 0.6 is 19.6 Å². The summed E-state index contributed by atoms with van der Waals surface area (Å²) < 4.78 is 32.6. The van der Waals surface area contributed by atoms with Crippen molar-refractivity contribution >= 4 is 49.4 Å². The summed E-state index contributed by atoms with van der Waals surface area (Å²) in [5, 5.41) is 14.4. The van der Waals surface area contributed by atoms with Gasteiger partial charge in [-0.15, -0.1) is 0 Å². The predicted octanol–water partition coefficient (Wildman–Crippen LogP) is 1.12. The van der Waals surface area contributed by atoms with Crippen LogP contribution in [0, 0.1) is 5.92 Å². The lowest BCUT2D eigenvalue weighted by Crippen LogP contribution is -2.57. The number of methoxy groups -OCH3 is 1. The number of phosphoric acid groups is 1. The Morgan fingerprint density at radius 3 is 2.57 bits per heavy atom. The molecule has 0 radical (unpaired) electrons. The number of phosphoric ester groups is 1. The minimum absolute atomic E-state index is 0.0312. The first-order valence-electron chi connectivity index (χ1n) is 16.7. The molecule has 0 aromatic carbocycles. The van der Waals surface area contributed by atoms with Crippen LogP contribution in [0.5, 0.6) is 0 Å². The van der Waals surface area contributed by atoms with E-state index in [1.54, 1.807) is 0 Å². The summed E-state index contributed by atoms with van der Waals surface area (Å²) >= 11 is 1.88. The van der Waals surface area contributed by atoms with Gasteiger partial charge in [0.25, 0.3) is 0 Å². The molecule has 19 heteroatoms. The number of imide groups is 1. The van der Waals surface area contributed by atoms with Crippen molar-refractivity contribution in [3.63, 3.8) is 0 Å². The SMILES string of the molecule is COCC1OC(N2CC(/C=C/C(=O)NCCCCCCNC(=O)CCCCC3SCC4NC(=O)NC43)C(=O)NC2=O)CC1OP(=O)(O)OC. The van der Waals surface area contributed by atoms with E-state index in [1.807, 2.05) is 11.8 Å². The molecule has 6 N–H and O–H groups in total. The van der Waals surface area contributed by atoms with Crippen molar-refractivity contribution in [2.45, 2.75) is 93.6 Å². The van der Waals surface area contributed by atoms with Crippen LogP contribution in [0.15, 0.2) is 12.2 Å². The number of carbonyl (C=O) groups excluding carboxylic acids is 5.